The van der Waals surface area contributed by atoms with Gasteiger partial charge in [-0.3, -0.25) is 4.79 Å². The number of aromatic nitrogens is 1. The lowest BCUT2D eigenvalue weighted by Crippen LogP contribution is -2.34. The fourth-order valence-corrected chi connectivity index (χ4v) is 1.33. The first-order valence-corrected chi connectivity index (χ1v) is 4.99. The van der Waals surface area contributed by atoms with Crippen LogP contribution in [0.15, 0.2) is 12.1 Å². The maximum atomic E-state index is 11.8. The van der Waals surface area contributed by atoms with Crippen molar-refractivity contribution in [2.75, 3.05) is 0 Å². The lowest BCUT2D eigenvalue weighted by Gasteiger charge is -2.11. The van der Waals surface area contributed by atoms with Crippen LogP contribution in [-0.4, -0.2) is 16.5 Å². The molecule has 1 aromatic rings. The summed E-state index contributed by atoms with van der Waals surface area (Å²) in [5.41, 5.74) is 1.69. The first kappa shape index (κ1) is 11.4. The Morgan fingerprint density at radius 3 is 2.73 bits per heavy atom. The summed E-state index contributed by atoms with van der Waals surface area (Å²) in [6.45, 7) is 3.90. The molecule has 1 unspecified atom stereocenters. The molecule has 0 aliphatic carbocycles. The molecule has 0 spiro atoms. The maximum Gasteiger partial charge on any atom is 0.268 e. The molecule has 0 aromatic carbocycles. The minimum atomic E-state index is -0.187. The molecule has 0 fully saturated rings. The van der Waals surface area contributed by atoms with E-state index in [0.717, 1.165) is 12.1 Å². The molecule has 0 aliphatic rings. The van der Waals surface area contributed by atoms with E-state index in [4.69, 9.17) is 6.42 Å². The number of hydrogen-bond acceptors (Lipinski definition) is 1. The van der Waals surface area contributed by atoms with Crippen molar-refractivity contribution in [3.63, 3.8) is 0 Å². The summed E-state index contributed by atoms with van der Waals surface area (Å²) < 4.78 is 1.85. The van der Waals surface area contributed by atoms with E-state index in [-0.39, 0.29) is 11.9 Å². The number of nitrogens with one attached hydrogen (secondary N) is 1. The third kappa shape index (κ3) is 2.41. The van der Waals surface area contributed by atoms with Crippen molar-refractivity contribution in [3.05, 3.63) is 23.5 Å². The van der Waals surface area contributed by atoms with E-state index in [1.165, 1.54) is 0 Å². The summed E-state index contributed by atoms with van der Waals surface area (Å²) in [5.74, 6) is 2.42. The number of hydrogen-bond donors (Lipinski definition) is 1. The summed E-state index contributed by atoms with van der Waals surface area (Å²) in [6.07, 6.45) is 6.02. The number of terminal acetylenes is 1. The van der Waals surface area contributed by atoms with Gasteiger partial charge in [0.2, 0.25) is 0 Å². The van der Waals surface area contributed by atoms with Gasteiger partial charge in [0.05, 0.1) is 6.04 Å². The molecule has 3 nitrogen and oxygen atoms in total. The van der Waals surface area contributed by atoms with Crippen LogP contribution < -0.4 is 5.32 Å². The van der Waals surface area contributed by atoms with Crippen LogP contribution in [0.2, 0.25) is 0 Å². The summed E-state index contributed by atoms with van der Waals surface area (Å²) in [7, 11) is 1.86. The monoisotopic (exact) mass is 204 g/mol. The summed E-state index contributed by atoms with van der Waals surface area (Å²) >= 11 is 0. The quantitative estimate of drug-likeness (QED) is 0.743. The van der Waals surface area contributed by atoms with Crippen LogP contribution in [0.5, 0.6) is 0 Å². The molecule has 0 bridgehead atoms. The van der Waals surface area contributed by atoms with Crippen LogP contribution >= 0.6 is 0 Å². The lowest BCUT2D eigenvalue weighted by molar-refractivity contribution is 0.0936. The average Bonchev–Trinajstić information content (AvgIpc) is 2.56. The van der Waals surface area contributed by atoms with Crippen molar-refractivity contribution < 1.29 is 4.79 Å². The van der Waals surface area contributed by atoms with Gasteiger partial charge in [0, 0.05) is 12.7 Å². The Morgan fingerprint density at radius 2 is 2.33 bits per heavy atom. The molecule has 1 heterocycles. The molecular formula is C12H16N2O. The van der Waals surface area contributed by atoms with Crippen molar-refractivity contribution in [3.8, 4) is 12.3 Å². The van der Waals surface area contributed by atoms with E-state index in [1.54, 1.807) is 6.07 Å². The molecule has 1 amide bonds. The molecule has 0 radical (unpaired) electrons. The molecule has 3 heteroatoms. The van der Waals surface area contributed by atoms with Crippen molar-refractivity contribution in [1.82, 2.24) is 9.88 Å². The molecule has 0 saturated carbocycles. The van der Waals surface area contributed by atoms with Gasteiger partial charge < -0.3 is 9.88 Å². The van der Waals surface area contributed by atoms with Crippen LogP contribution in [0.1, 0.15) is 29.5 Å². The SMILES string of the molecule is C#CC(CC)NC(=O)c1ccc(C)n1C. The van der Waals surface area contributed by atoms with Gasteiger partial charge in [-0.25, -0.2) is 0 Å². The first-order chi connectivity index (χ1) is 7.10. The second-order valence-electron chi connectivity index (χ2n) is 3.52. The summed E-state index contributed by atoms with van der Waals surface area (Å²) in [4.78, 5) is 11.8. The largest absolute Gasteiger partial charge is 0.344 e. The van der Waals surface area contributed by atoms with Gasteiger partial charge in [-0.1, -0.05) is 12.8 Å². The number of carbonyl (C=O) groups is 1. The predicted octanol–water partition coefficient (Wildman–Crippen LogP) is 1.48. The van der Waals surface area contributed by atoms with Gasteiger partial charge in [0.25, 0.3) is 5.91 Å². The van der Waals surface area contributed by atoms with E-state index in [1.807, 2.05) is 31.5 Å². The Kier molecular flexibility index (Phi) is 3.56. The smallest absolute Gasteiger partial charge is 0.268 e. The second-order valence-corrected chi connectivity index (χ2v) is 3.52. The fraction of sp³-hybridized carbons (Fsp3) is 0.417. The van der Waals surface area contributed by atoms with E-state index < -0.39 is 0 Å². The first-order valence-electron chi connectivity index (χ1n) is 4.99. The fourth-order valence-electron chi connectivity index (χ4n) is 1.33. The van der Waals surface area contributed by atoms with Crippen LogP contribution in [-0.2, 0) is 7.05 Å². The highest BCUT2D eigenvalue weighted by Gasteiger charge is 2.13. The number of amides is 1. The highest BCUT2D eigenvalue weighted by molar-refractivity contribution is 5.93. The topological polar surface area (TPSA) is 34.0 Å². The number of carbonyl (C=O) groups excluding carboxylic acids is 1. The Balaban J connectivity index is 2.78. The molecule has 1 aromatic heterocycles. The molecule has 0 aliphatic heterocycles. The van der Waals surface area contributed by atoms with Crippen LogP contribution in [0.3, 0.4) is 0 Å². The van der Waals surface area contributed by atoms with Crippen molar-refractivity contribution in [1.29, 1.82) is 0 Å². The number of nitrogens with zero attached hydrogens (tertiary/aromatic N) is 1. The van der Waals surface area contributed by atoms with Crippen molar-refractivity contribution in [2.45, 2.75) is 26.3 Å². The van der Waals surface area contributed by atoms with Crippen LogP contribution in [0.25, 0.3) is 0 Å². The lowest BCUT2D eigenvalue weighted by atomic mass is 10.2. The van der Waals surface area contributed by atoms with Gasteiger partial charge in [-0.15, -0.1) is 6.42 Å². The third-order valence-corrected chi connectivity index (χ3v) is 2.52. The van der Waals surface area contributed by atoms with E-state index >= 15 is 0 Å². The molecular weight excluding hydrogens is 188 g/mol. The number of rotatable bonds is 3. The van der Waals surface area contributed by atoms with Gasteiger partial charge in [0.1, 0.15) is 5.69 Å². The zero-order valence-electron chi connectivity index (χ0n) is 9.37. The zero-order chi connectivity index (χ0) is 11.4. The van der Waals surface area contributed by atoms with E-state index in [9.17, 15) is 4.79 Å². The number of aryl methyl sites for hydroxylation is 1. The third-order valence-electron chi connectivity index (χ3n) is 2.52. The summed E-state index contributed by atoms with van der Waals surface area (Å²) in [6, 6.07) is 3.52. The van der Waals surface area contributed by atoms with Crippen molar-refractivity contribution >= 4 is 5.91 Å². The maximum absolute atomic E-state index is 11.8. The second kappa shape index (κ2) is 4.70. The normalized spacial score (nSPS) is 11.9. The highest BCUT2D eigenvalue weighted by atomic mass is 16.2. The van der Waals surface area contributed by atoms with Crippen LogP contribution in [0, 0.1) is 19.3 Å². The molecule has 15 heavy (non-hydrogen) atoms. The van der Waals surface area contributed by atoms with E-state index in [2.05, 4.69) is 11.2 Å². The Hall–Kier alpha value is -1.69. The minimum absolute atomic E-state index is 0.115. The predicted molar refractivity (Wildman–Crippen MR) is 60.5 cm³/mol. The Bertz CT molecular complexity index is 398. The molecule has 0 saturated heterocycles. The molecule has 1 rings (SSSR count). The Labute approximate surface area is 90.5 Å². The highest BCUT2D eigenvalue weighted by Crippen LogP contribution is 2.06. The van der Waals surface area contributed by atoms with Gasteiger partial charge >= 0.3 is 0 Å². The minimum Gasteiger partial charge on any atom is -0.344 e. The molecule has 1 atom stereocenters. The average molecular weight is 204 g/mol. The molecule has 1 N–H and O–H groups in total. The van der Waals surface area contributed by atoms with Crippen LogP contribution in [0.4, 0.5) is 0 Å². The molecule has 80 valence electrons. The van der Waals surface area contributed by atoms with E-state index in [0.29, 0.717) is 5.69 Å². The van der Waals surface area contributed by atoms with Crippen molar-refractivity contribution in [2.24, 2.45) is 7.05 Å². The zero-order valence-corrected chi connectivity index (χ0v) is 9.37. The Morgan fingerprint density at radius 1 is 1.67 bits per heavy atom. The van der Waals surface area contributed by atoms with Gasteiger partial charge in [-0.05, 0) is 25.5 Å². The summed E-state index contributed by atoms with van der Waals surface area (Å²) in [5, 5.41) is 2.79. The standard InChI is InChI=1S/C12H16N2O/c1-5-10(6-2)13-12(15)11-8-7-9(3)14(11)4/h1,7-8,10H,6H2,2-4H3,(H,13,15). The van der Waals surface area contributed by atoms with Gasteiger partial charge in [-0.2, -0.15) is 0 Å². The van der Waals surface area contributed by atoms with Gasteiger partial charge in [0.15, 0.2) is 0 Å².